The summed E-state index contributed by atoms with van der Waals surface area (Å²) in [6.45, 7) is 4.89. The molecular weight excluding hydrogens is 208 g/mol. The van der Waals surface area contributed by atoms with Crippen molar-refractivity contribution in [3.8, 4) is 11.8 Å². The number of urea groups is 1. The smallest absolute Gasteiger partial charge is 0.277 e. The normalized spacial score (nSPS) is 18.9. The number of hydrogen-bond acceptors (Lipinski definition) is 3. The second-order valence-electron chi connectivity index (χ2n) is 4.02. The first-order chi connectivity index (χ1) is 7.41. The predicted octanol–water partition coefficient (Wildman–Crippen LogP) is 0.504. The van der Waals surface area contributed by atoms with Gasteiger partial charge in [-0.2, -0.15) is 0 Å². The maximum atomic E-state index is 11.9. The molecule has 5 heteroatoms. The Labute approximate surface area is 94.2 Å². The van der Waals surface area contributed by atoms with Gasteiger partial charge >= 0.3 is 6.03 Å². The number of hydrogen-bond donors (Lipinski definition) is 1. The van der Waals surface area contributed by atoms with Gasteiger partial charge in [0.05, 0.1) is 0 Å². The van der Waals surface area contributed by atoms with Crippen LogP contribution in [0, 0.1) is 17.3 Å². The highest BCUT2D eigenvalue weighted by Gasteiger charge is 2.46. The van der Waals surface area contributed by atoms with E-state index in [1.54, 1.807) is 6.92 Å². The van der Waals surface area contributed by atoms with Gasteiger partial charge in [0.15, 0.2) is 0 Å². The van der Waals surface area contributed by atoms with Gasteiger partial charge in [-0.3, -0.25) is 19.8 Å². The molecule has 16 heavy (non-hydrogen) atoms. The fourth-order valence-electron chi connectivity index (χ4n) is 1.34. The lowest BCUT2D eigenvalue weighted by atomic mass is 9.89. The number of amides is 4. The molecule has 1 heterocycles. The molecule has 0 aromatic carbocycles. The molecule has 1 aliphatic heterocycles. The molecule has 1 rings (SSSR count). The Morgan fingerprint density at radius 1 is 1.31 bits per heavy atom. The predicted molar refractivity (Wildman–Crippen MR) is 57.1 cm³/mol. The average molecular weight is 222 g/mol. The van der Waals surface area contributed by atoms with Crippen molar-refractivity contribution < 1.29 is 14.4 Å². The van der Waals surface area contributed by atoms with E-state index in [0.29, 0.717) is 6.42 Å². The molecule has 0 aromatic rings. The molecule has 0 saturated carbocycles. The summed E-state index contributed by atoms with van der Waals surface area (Å²) < 4.78 is 0. The van der Waals surface area contributed by atoms with Crippen molar-refractivity contribution in [3.05, 3.63) is 0 Å². The van der Waals surface area contributed by atoms with E-state index in [1.807, 2.05) is 0 Å². The van der Waals surface area contributed by atoms with Crippen molar-refractivity contribution in [2.45, 2.75) is 27.2 Å². The Bertz CT molecular complexity index is 401. The van der Waals surface area contributed by atoms with Crippen LogP contribution in [0.2, 0.25) is 0 Å². The minimum atomic E-state index is -1.19. The maximum absolute atomic E-state index is 11.9. The molecule has 5 nitrogen and oxygen atoms in total. The van der Waals surface area contributed by atoms with Crippen molar-refractivity contribution in [1.82, 2.24) is 10.2 Å². The van der Waals surface area contributed by atoms with Crippen LogP contribution in [0.4, 0.5) is 4.79 Å². The lowest BCUT2D eigenvalue weighted by Gasteiger charge is -2.34. The van der Waals surface area contributed by atoms with E-state index in [2.05, 4.69) is 17.2 Å². The Hall–Kier alpha value is -1.83. The third-order valence-electron chi connectivity index (χ3n) is 2.45. The molecule has 4 amide bonds. The van der Waals surface area contributed by atoms with Gasteiger partial charge < -0.3 is 0 Å². The summed E-state index contributed by atoms with van der Waals surface area (Å²) in [6, 6.07) is -0.660. The largest absolute Gasteiger partial charge is 0.330 e. The van der Waals surface area contributed by atoms with Gasteiger partial charge in [0, 0.05) is 13.0 Å². The molecule has 0 aromatic heterocycles. The summed E-state index contributed by atoms with van der Waals surface area (Å²) in [4.78, 5) is 35.7. The molecule has 86 valence electrons. The lowest BCUT2D eigenvalue weighted by molar-refractivity contribution is -0.148. The van der Waals surface area contributed by atoms with Crippen molar-refractivity contribution in [1.29, 1.82) is 0 Å². The summed E-state index contributed by atoms with van der Waals surface area (Å²) in [6.07, 6.45) is 0.417. The molecule has 1 saturated heterocycles. The van der Waals surface area contributed by atoms with E-state index in [1.165, 1.54) is 13.8 Å². The fraction of sp³-hybridized carbons (Fsp3) is 0.545. The van der Waals surface area contributed by atoms with Gasteiger partial charge in [-0.15, -0.1) is 11.8 Å². The van der Waals surface area contributed by atoms with Crippen molar-refractivity contribution in [3.63, 3.8) is 0 Å². The third kappa shape index (κ3) is 2.06. The fourth-order valence-corrected chi connectivity index (χ4v) is 1.34. The molecule has 0 unspecified atom stereocenters. The van der Waals surface area contributed by atoms with Crippen LogP contribution in [0.5, 0.6) is 0 Å². The first kappa shape index (κ1) is 12.2. The number of nitrogens with one attached hydrogen (secondary N) is 1. The molecule has 0 aliphatic carbocycles. The number of imide groups is 2. The number of rotatable bonds is 2. The summed E-state index contributed by atoms with van der Waals surface area (Å²) in [5.41, 5.74) is -1.19. The zero-order chi connectivity index (χ0) is 12.3. The maximum Gasteiger partial charge on any atom is 0.330 e. The van der Waals surface area contributed by atoms with Crippen LogP contribution in [0.25, 0.3) is 0 Å². The van der Waals surface area contributed by atoms with Crippen LogP contribution < -0.4 is 5.32 Å². The van der Waals surface area contributed by atoms with Crippen molar-refractivity contribution in [2.75, 3.05) is 6.54 Å². The second kappa shape index (κ2) is 4.35. The third-order valence-corrected chi connectivity index (χ3v) is 2.45. The van der Waals surface area contributed by atoms with Crippen LogP contribution in [0.15, 0.2) is 0 Å². The van der Waals surface area contributed by atoms with E-state index < -0.39 is 23.3 Å². The van der Waals surface area contributed by atoms with Crippen molar-refractivity contribution >= 4 is 17.8 Å². The summed E-state index contributed by atoms with van der Waals surface area (Å²) in [5, 5.41) is 2.16. The van der Waals surface area contributed by atoms with Crippen LogP contribution in [0.3, 0.4) is 0 Å². The van der Waals surface area contributed by atoms with Gasteiger partial charge in [-0.05, 0) is 20.8 Å². The minimum Gasteiger partial charge on any atom is -0.277 e. The molecule has 0 atom stereocenters. The summed E-state index contributed by atoms with van der Waals surface area (Å²) in [7, 11) is 0. The van der Waals surface area contributed by atoms with E-state index >= 15 is 0 Å². The molecule has 1 aliphatic rings. The van der Waals surface area contributed by atoms with Gasteiger partial charge in [0.1, 0.15) is 5.41 Å². The minimum absolute atomic E-state index is 0.211. The number of barbiturate groups is 1. The molecule has 1 N–H and O–H groups in total. The highest BCUT2D eigenvalue weighted by atomic mass is 16.2. The van der Waals surface area contributed by atoms with E-state index in [9.17, 15) is 14.4 Å². The molecular formula is C11H14N2O3. The van der Waals surface area contributed by atoms with Crippen LogP contribution in [-0.4, -0.2) is 29.3 Å². The van der Waals surface area contributed by atoms with Gasteiger partial charge in [-0.1, -0.05) is 0 Å². The van der Waals surface area contributed by atoms with Crippen LogP contribution in [0.1, 0.15) is 27.2 Å². The van der Waals surface area contributed by atoms with Gasteiger partial charge in [-0.25, -0.2) is 4.79 Å². The topological polar surface area (TPSA) is 66.5 Å². The molecule has 0 bridgehead atoms. The quantitative estimate of drug-likeness (QED) is 0.546. The van der Waals surface area contributed by atoms with E-state index in [0.717, 1.165) is 4.90 Å². The highest BCUT2D eigenvalue weighted by molar-refractivity contribution is 6.18. The van der Waals surface area contributed by atoms with E-state index in [-0.39, 0.29) is 6.54 Å². The SMILES string of the molecule is CC#CCCN1C(=O)NC(=O)C(C)(C)C1=O. The van der Waals surface area contributed by atoms with E-state index in [4.69, 9.17) is 0 Å². The monoisotopic (exact) mass is 222 g/mol. The second-order valence-corrected chi connectivity index (χ2v) is 4.02. The Kier molecular flexibility index (Phi) is 3.33. The number of carbonyl (C=O) groups excluding carboxylic acids is 3. The standard InChI is InChI=1S/C11H14N2O3/c1-4-5-6-7-13-9(15)11(2,3)8(14)12-10(13)16/h6-7H2,1-3H3,(H,12,14,16). The van der Waals surface area contributed by atoms with Crippen LogP contribution >= 0.6 is 0 Å². The number of nitrogens with zero attached hydrogens (tertiary/aromatic N) is 1. The lowest BCUT2D eigenvalue weighted by Crippen LogP contribution is -2.61. The summed E-state index contributed by atoms with van der Waals surface area (Å²) >= 11 is 0. The van der Waals surface area contributed by atoms with Crippen molar-refractivity contribution in [2.24, 2.45) is 5.41 Å². The number of carbonyl (C=O) groups is 3. The highest BCUT2D eigenvalue weighted by Crippen LogP contribution is 2.23. The average Bonchev–Trinajstić information content (AvgIpc) is 2.21. The molecule has 1 fully saturated rings. The first-order valence-corrected chi connectivity index (χ1v) is 4.98. The van der Waals surface area contributed by atoms with Gasteiger partial charge in [0.2, 0.25) is 11.8 Å². The van der Waals surface area contributed by atoms with Gasteiger partial charge in [0.25, 0.3) is 0 Å². The summed E-state index contributed by atoms with van der Waals surface area (Å²) in [5.74, 6) is 4.42. The first-order valence-electron chi connectivity index (χ1n) is 4.98. The zero-order valence-corrected chi connectivity index (χ0v) is 9.59. The molecule has 0 radical (unpaired) electrons. The Balaban J connectivity index is 2.83. The Morgan fingerprint density at radius 3 is 2.50 bits per heavy atom. The zero-order valence-electron chi connectivity index (χ0n) is 9.59. The van der Waals surface area contributed by atoms with Crippen LogP contribution in [-0.2, 0) is 9.59 Å². The molecule has 0 spiro atoms. The Morgan fingerprint density at radius 2 is 1.94 bits per heavy atom.